The maximum absolute atomic E-state index is 12.7. The summed E-state index contributed by atoms with van der Waals surface area (Å²) in [6, 6.07) is 0. The molecule has 7 heteroatoms. The van der Waals surface area contributed by atoms with Crippen LogP contribution >= 0.6 is 0 Å². The van der Waals surface area contributed by atoms with Crippen molar-refractivity contribution in [2.45, 2.75) is 5.82 Å². The minimum absolute atomic E-state index is 0.369. The average molecular weight is 224 g/mol. The Morgan fingerprint density at radius 3 is 2.31 bits per heavy atom. The van der Waals surface area contributed by atoms with Gasteiger partial charge >= 0.3 is 0 Å². The largest absolute Gasteiger partial charge is 0.338 e. The normalized spacial score (nSPS) is 17.5. The van der Waals surface area contributed by atoms with E-state index >= 15 is 0 Å². The first kappa shape index (κ1) is 11.3. The fraction of sp³-hybridized carbons (Fsp3) is 0.556. The van der Waals surface area contributed by atoms with Crippen molar-refractivity contribution in [3.8, 4) is 0 Å². The van der Waals surface area contributed by atoms with Gasteiger partial charge < -0.3 is 10.2 Å². The molecule has 0 spiro atoms. The molecule has 0 atom stereocenters. The lowest BCUT2D eigenvalue weighted by atomic mass is 9.93. The van der Waals surface area contributed by atoms with Crippen LogP contribution in [-0.4, -0.2) is 44.0 Å². The third-order valence-corrected chi connectivity index (χ3v) is 2.42. The van der Waals surface area contributed by atoms with Gasteiger partial charge in [-0.3, -0.25) is 0 Å². The van der Waals surface area contributed by atoms with Gasteiger partial charge in [-0.1, -0.05) is 0 Å². The SMILES string of the molecule is [B]C(F)(F)c1cnc(N2CCNCC2)nc1. The average Bonchev–Trinajstić information content (AvgIpc) is 2.29. The fourth-order valence-corrected chi connectivity index (χ4v) is 1.52. The number of nitrogens with one attached hydrogen (secondary N) is 1. The zero-order chi connectivity index (χ0) is 11.6. The van der Waals surface area contributed by atoms with Crippen molar-refractivity contribution in [1.82, 2.24) is 15.3 Å². The minimum atomic E-state index is -3.37. The molecule has 1 aromatic rings. The van der Waals surface area contributed by atoms with Gasteiger partial charge in [0.05, 0.1) is 0 Å². The number of anilines is 1. The second-order valence-electron chi connectivity index (χ2n) is 3.63. The molecule has 4 nitrogen and oxygen atoms in total. The highest BCUT2D eigenvalue weighted by Gasteiger charge is 2.24. The summed E-state index contributed by atoms with van der Waals surface area (Å²) in [6.45, 7) is 3.24. The molecule has 0 saturated carbocycles. The predicted octanol–water partition coefficient (Wildman–Crippen LogP) is 0.104. The smallest absolute Gasteiger partial charge is 0.227 e. The summed E-state index contributed by atoms with van der Waals surface area (Å²) in [5.41, 5.74) is -0.369. The van der Waals surface area contributed by atoms with Crippen molar-refractivity contribution in [3.05, 3.63) is 18.0 Å². The van der Waals surface area contributed by atoms with Crippen molar-refractivity contribution in [3.63, 3.8) is 0 Å². The predicted molar refractivity (Wildman–Crippen MR) is 56.8 cm³/mol. The number of alkyl halides is 2. The van der Waals surface area contributed by atoms with Crippen LogP contribution in [0.4, 0.5) is 14.7 Å². The standard InChI is InChI=1S/C9H11BF2N4/c10-9(11,12)7-5-14-8(15-6-7)16-3-1-13-2-4-16/h5-6,13H,1-4H2. The molecule has 0 aliphatic carbocycles. The Hall–Kier alpha value is -1.24. The van der Waals surface area contributed by atoms with Gasteiger partial charge in [-0.15, -0.1) is 0 Å². The van der Waals surface area contributed by atoms with Crippen LogP contribution in [0, 0.1) is 0 Å². The van der Waals surface area contributed by atoms with Gasteiger partial charge in [-0.25, -0.2) is 18.7 Å². The fourth-order valence-electron chi connectivity index (χ4n) is 1.52. The van der Waals surface area contributed by atoms with Gasteiger partial charge in [-0.05, 0) is 0 Å². The molecule has 1 aromatic heterocycles. The van der Waals surface area contributed by atoms with Crippen LogP contribution in [0.15, 0.2) is 12.4 Å². The van der Waals surface area contributed by atoms with E-state index in [9.17, 15) is 8.78 Å². The summed E-state index contributed by atoms with van der Waals surface area (Å²) in [5.74, 6) is -2.91. The Balaban J connectivity index is 2.12. The van der Waals surface area contributed by atoms with E-state index in [4.69, 9.17) is 0 Å². The summed E-state index contributed by atoms with van der Waals surface area (Å²) in [5, 5.41) is 3.18. The molecule has 0 amide bonds. The summed E-state index contributed by atoms with van der Waals surface area (Å²) in [4.78, 5) is 9.73. The summed E-state index contributed by atoms with van der Waals surface area (Å²) in [6.07, 6.45) is 2.15. The molecular formula is C9H11BF2N4. The molecule has 2 rings (SSSR count). The van der Waals surface area contributed by atoms with E-state index in [1.807, 2.05) is 4.90 Å². The molecule has 1 N–H and O–H groups in total. The molecule has 0 aromatic carbocycles. The summed E-state index contributed by atoms with van der Waals surface area (Å²) in [7, 11) is 4.65. The van der Waals surface area contributed by atoms with Gasteiger partial charge in [0.1, 0.15) is 0 Å². The van der Waals surface area contributed by atoms with E-state index in [1.165, 1.54) is 0 Å². The Bertz CT molecular complexity index is 346. The number of aromatic nitrogens is 2. The van der Waals surface area contributed by atoms with Gasteiger partial charge in [0.25, 0.3) is 0 Å². The lowest BCUT2D eigenvalue weighted by molar-refractivity contribution is 0.0933. The van der Waals surface area contributed by atoms with Crippen LogP contribution < -0.4 is 10.2 Å². The van der Waals surface area contributed by atoms with Crippen LogP contribution in [0.2, 0.25) is 0 Å². The monoisotopic (exact) mass is 224 g/mol. The molecule has 0 bridgehead atoms. The third-order valence-electron chi connectivity index (χ3n) is 2.42. The number of nitrogens with zero attached hydrogens (tertiary/aromatic N) is 3. The maximum atomic E-state index is 12.7. The van der Waals surface area contributed by atoms with E-state index in [-0.39, 0.29) is 5.56 Å². The number of rotatable bonds is 2. The molecule has 0 unspecified atom stereocenters. The van der Waals surface area contributed by atoms with Crippen molar-refractivity contribution in [2.24, 2.45) is 0 Å². The lowest BCUT2D eigenvalue weighted by Gasteiger charge is -2.27. The van der Waals surface area contributed by atoms with Crippen LogP contribution in [0.25, 0.3) is 0 Å². The van der Waals surface area contributed by atoms with E-state index in [0.717, 1.165) is 38.6 Å². The Morgan fingerprint density at radius 1 is 1.25 bits per heavy atom. The summed E-state index contributed by atoms with van der Waals surface area (Å²) >= 11 is 0. The number of hydrogen-bond donors (Lipinski definition) is 1. The Morgan fingerprint density at radius 2 is 1.81 bits per heavy atom. The first-order chi connectivity index (χ1) is 7.57. The van der Waals surface area contributed by atoms with E-state index < -0.39 is 5.82 Å². The second-order valence-corrected chi connectivity index (χ2v) is 3.63. The van der Waals surface area contributed by atoms with Crippen LogP contribution in [0.1, 0.15) is 5.56 Å². The molecular weight excluding hydrogens is 213 g/mol. The van der Waals surface area contributed by atoms with E-state index in [2.05, 4.69) is 23.1 Å². The lowest BCUT2D eigenvalue weighted by Crippen LogP contribution is -2.44. The highest BCUT2D eigenvalue weighted by molar-refractivity contribution is 6.13. The van der Waals surface area contributed by atoms with Gasteiger partial charge in [0.15, 0.2) is 7.85 Å². The first-order valence-corrected chi connectivity index (χ1v) is 5.02. The molecule has 1 saturated heterocycles. The van der Waals surface area contributed by atoms with Crippen molar-refractivity contribution >= 4 is 13.8 Å². The topological polar surface area (TPSA) is 41.1 Å². The molecule has 2 radical (unpaired) electrons. The Labute approximate surface area is 93.5 Å². The van der Waals surface area contributed by atoms with Crippen LogP contribution in [0.5, 0.6) is 0 Å². The second kappa shape index (κ2) is 4.33. The zero-order valence-electron chi connectivity index (χ0n) is 8.66. The number of piperazine rings is 1. The molecule has 84 valence electrons. The van der Waals surface area contributed by atoms with Crippen LogP contribution in [0.3, 0.4) is 0 Å². The molecule has 2 heterocycles. The van der Waals surface area contributed by atoms with Crippen molar-refractivity contribution in [2.75, 3.05) is 31.1 Å². The minimum Gasteiger partial charge on any atom is -0.338 e. The van der Waals surface area contributed by atoms with Gasteiger partial charge in [0.2, 0.25) is 11.8 Å². The van der Waals surface area contributed by atoms with Gasteiger partial charge in [0, 0.05) is 44.1 Å². The van der Waals surface area contributed by atoms with Gasteiger partial charge in [-0.2, -0.15) is 0 Å². The maximum Gasteiger partial charge on any atom is 0.227 e. The summed E-state index contributed by atoms with van der Waals surface area (Å²) < 4.78 is 25.4. The van der Waals surface area contributed by atoms with Crippen LogP contribution in [-0.2, 0) is 5.82 Å². The zero-order valence-corrected chi connectivity index (χ0v) is 8.66. The Kier molecular flexibility index (Phi) is 3.04. The molecule has 1 aliphatic rings. The molecule has 16 heavy (non-hydrogen) atoms. The third kappa shape index (κ3) is 2.47. The highest BCUT2D eigenvalue weighted by atomic mass is 19.3. The molecule has 1 fully saturated rings. The van der Waals surface area contributed by atoms with Crippen molar-refractivity contribution < 1.29 is 8.78 Å². The van der Waals surface area contributed by atoms with E-state index in [0.29, 0.717) is 5.95 Å². The quantitative estimate of drug-likeness (QED) is 0.723. The molecule has 1 aliphatic heterocycles. The number of halogens is 2. The highest BCUT2D eigenvalue weighted by Crippen LogP contribution is 2.22. The van der Waals surface area contributed by atoms with E-state index in [1.54, 1.807) is 0 Å². The number of hydrogen-bond acceptors (Lipinski definition) is 4. The first-order valence-electron chi connectivity index (χ1n) is 5.02. The van der Waals surface area contributed by atoms with Crippen molar-refractivity contribution in [1.29, 1.82) is 0 Å².